The summed E-state index contributed by atoms with van der Waals surface area (Å²) in [5.74, 6) is 0.156. The van der Waals surface area contributed by atoms with Gasteiger partial charge in [-0.1, -0.05) is 12.1 Å². The van der Waals surface area contributed by atoms with E-state index >= 15 is 0 Å². The first-order chi connectivity index (χ1) is 11.1. The van der Waals surface area contributed by atoms with Gasteiger partial charge in [0.05, 0.1) is 7.11 Å². The number of hydrogen-bond donors (Lipinski definition) is 0. The Balaban J connectivity index is 2.54. The fraction of sp³-hybridized carbons (Fsp3) is 0.111. The molecule has 0 spiro atoms. The summed E-state index contributed by atoms with van der Waals surface area (Å²) in [6, 6.07) is 13.0. The molecule has 4 nitrogen and oxygen atoms in total. The molecule has 0 saturated heterocycles. The molecule has 0 saturated carbocycles. The summed E-state index contributed by atoms with van der Waals surface area (Å²) < 4.78 is 20.1. The molecule has 23 heavy (non-hydrogen) atoms. The van der Waals surface area contributed by atoms with Crippen molar-refractivity contribution in [1.29, 1.82) is 5.26 Å². The Hall–Kier alpha value is -3.13. The second kappa shape index (κ2) is 5.58. The van der Waals surface area contributed by atoms with E-state index in [0.29, 0.717) is 27.6 Å². The van der Waals surface area contributed by atoms with Gasteiger partial charge in [-0.3, -0.25) is 4.79 Å². The molecule has 0 atom stereocenters. The lowest BCUT2D eigenvalue weighted by Gasteiger charge is -2.14. The first-order valence-electron chi connectivity index (χ1n) is 6.93. The van der Waals surface area contributed by atoms with Gasteiger partial charge in [0.1, 0.15) is 23.3 Å². The molecule has 0 amide bonds. The summed E-state index contributed by atoms with van der Waals surface area (Å²) in [6.07, 6.45) is 0. The average Bonchev–Trinajstić information content (AvgIpc) is 2.57. The summed E-state index contributed by atoms with van der Waals surface area (Å²) >= 11 is 0. The molecule has 0 N–H and O–H groups in total. The lowest BCUT2D eigenvalue weighted by Crippen LogP contribution is -2.20. The highest BCUT2D eigenvalue weighted by atomic mass is 19.1. The Kier molecular flexibility index (Phi) is 3.59. The second-order valence-corrected chi connectivity index (χ2v) is 5.12. The first-order valence-corrected chi connectivity index (χ1v) is 6.93. The molecular formula is C18H13FN2O2. The van der Waals surface area contributed by atoms with E-state index in [1.807, 2.05) is 0 Å². The first kappa shape index (κ1) is 14.8. The van der Waals surface area contributed by atoms with E-state index in [2.05, 4.69) is 6.07 Å². The summed E-state index contributed by atoms with van der Waals surface area (Å²) in [5.41, 5.74) is 0.958. The average molecular weight is 308 g/mol. The quantitative estimate of drug-likeness (QED) is 0.730. The van der Waals surface area contributed by atoms with Crippen LogP contribution in [0.2, 0.25) is 0 Å². The standard InChI is InChI=1S/C18H13FN2O2/c1-21-16(10-20)17(11-4-3-5-12(19)8-11)15-9-13(23-2)6-7-14(15)18(21)22/h3-9H,1-2H3. The van der Waals surface area contributed by atoms with Gasteiger partial charge < -0.3 is 9.30 Å². The number of nitriles is 1. The normalized spacial score (nSPS) is 10.5. The van der Waals surface area contributed by atoms with Crippen LogP contribution in [0.3, 0.4) is 0 Å². The smallest absolute Gasteiger partial charge is 0.259 e. The van der Waals surface area contributed by atoms with E-state index in [4.69, 9.17) is 4.74 Å². The number of rotatable bonds is 2. The van der Waals surface area contributed by atoms with Gasteiger partial charge in [-0.2, -0.15) is 5.26 Å². The molecule has 0 aliphatic heterocycles. The SMILES string of the molecule is COc1ccc2c(=O)n(C)c(C#N)c(-c3cccc(F)c3)c2c1. The third kappa shape index (κ3) is 2.34. The zero-order chi connectivity index (χ0) is 16.6. The van der Waals surface area contributed by atoms with Crippen LogP contribution in [0.5, 0.6) is 5.75 Å². The van der Waals surface area contributed by atoms with E-state index in [1.54, 1.807) is 30.3 Å². The minimum absolute atomic E-state index is 0.182. The highest BCUT2D eigenvalue weighted by Crippen LogP contribution is 2.32. The van der Waals surface area contributed by atoms with Crippen molar-refractivity contribution in [2.45, 2.75) is 0 Å². The van der Waals surface area contributed by atoms with Crippen LogP contribution >= 0.6 is 0 Å². The largest absolute Gasteiger partial charge is 0.497 e. The predicted octanol–water partition coefficient (Wildman–Crippen LogP) is 3.22. The summed E-state index contributed by atoms with van der Waals surface area (Å²) in [4.78, 5) is 12.5. The minimum atomic E-state index is -0.406. The number of methoxy groups -OCH3 is 1. The van der Waals surface area contributed by atoms with Crippen LogP contribution in [-0.2, 0) is 7.05 Å². The zero-order valence-corrected chi connectivity index (χ0v) is 12.6. The molecule has 114 valence electrons. The molecule has 0 aliphatic carbocycles. The van der Waals surface area contributed by atoms with Gasteiger partial charge in [0.25, 0.3) is 5.56 Å². The molecule has 5 heteroatoms. The monoisotopic (exact) mass is 308 g/mol. The Bertz CT molecular complexity index is 1020. The number of benzene rings is 2. The highest BCUT2D eigenvalue weighted by molar-refractivity contribution is 5.99. The predicted molar refractivity (Wildman–Crippen MR) is 85.9 cm³/mol. The van der Waals surface area contributed by atoms with E-state index in [9.17, 15) is 14.4 Å². The van der Waals surface area contributed by atoms with Crippen LogP contribution in [0.25, 0.3) is 21.9 Å². The lowest BCUT2D eigenvalue weighted by atomic mass is 9.97. The maximum atomic E-state index is 13.6. The zero-order valence-electron chi connectivity index (χ0n) is 12.6. The van der Waals surface area contributed by atoms with Crippen molar-refractivity contribution < 1.29 is 9.13 Å². The summed E-state index contributed by atoms with van der Waals surface area (Å²) in [7, 11) is 3.06. The van der Waals surface area contributed by atoms with E-state index < -0.39 is 5.82 Å². The number of halogens is 1. The third-order valence-corrected chi connectivity index (χ3v) is 3.82. The topological polar surface area (TPSA) is 55.0 Å². The van der Waals surface area contributed by atoms with Crippen molar-refractivity contribution in [3.63, 3.8) is 0 Å². The van der Waals surface area contributed by atoms with Gasteiger partial charge in [0.15, 0.2) is 0 Å². The third-order valence-electron chi connectivity index (χ3n) is 3.82. The van der Waals surface area contributed by atoms with E-state index in [1.165, 1.54) is 30.9 Å². The van der Waals surface area contributed by atoms with Crippen LogP contribution in [0, 0.1) is 17.1 Å². The van der Waals surface area contributed by atoms with Gasteiger partial charge in [-0.25, -0.2) is 4.39 Å². The van der Waals surface area contributed by atoms with Crippen molar-refractivity contribution in [1.82, 2.24) is 4.57 Å². The molecule has 1 aromatic heterocycles. The summed E-state index contributed by atoms with van der Waals surface area (Å²) in [6.45, 7) is 0. The van der Waals surface area contributed by atoms with E-state index in [-0.39, 0.29) is 11.3 Å². The van der Waals surface area contributed by atoms with Crippen LogP contribution < -0.4 is 10.3 Å². The van der Waals surface area contributed by atoms with Gasteiger partial charge in [-0.05, 0) is 35.9 Å². The highest BCUT2D eigenvalue weighted by Gasteiger charge is 2.17. The summed E-state index contributed by atoms with van der Waals surface area (Å²) in [5, 5.41) is 10.5. The van der Waals surface area contributed by atoms with Gasteiger partial charge in [0, 0.05) is 23.4 Å². The molecule has 3 aromatic rings. The molecule has 1 heterocycles. The number of nitrogens with zero attached hydrogens (tertiary/aromatic N) is 2. The maximum absolute atomic E-state index is 13.6. The van der Waals surface area contributed by atoms with E-state index in [0.717, 1.165) is 0 Å². The van der Waals surface area contributed by atoms with Crippen LogP contribution in [0.15, 0.2) is 47.3 Å². The molecule has 0 bridgehead atoms. The fourth-order valence-corrected chi connectivity index (χ4v) is 2.69. The number of pyridine rings is 1. The molecule has 2 aromatic carbocycles. The van der Waals surface area contributed by atoms with Crippen molar-refractivity contribution in [2.75, 3.05) is 7.11 Å². The van der Waals surface area contributed by atoms with Crippen LogP contribution in [0.1, 0.15) is 5.69 Å². The molecule has 0 unspecified atom stereocenters. The fourth-order valence-electron chi connectivity index (χ4n) is 2.69. The minimum Gasteiger partial charge on any atom is -0.497 e. The number of ether oxygens (including phenoxy) is 1. The van der Waals surface area contributed by atoms with Gasteiger partial charge >= 0.3 is 0 Å². The second-order valence-electron chi connectivity index (χ2n) is 5.12. The van der Waals surface area contributed by atoms with Crippen molar-refractivity contribution in [2.24, 2.45) is 7.05 Å². The molecule has 0 radical (unpaired) electrons. The number of hydrogen-bond acceptors (Lipinski definition) is 3. The Labute approximate surface area is 132 Å². The lowest BCUT2D eigenvalue weighted by molar-refractivity contribution is 0.415. The molecule has 3 rings (SSSR count). The van der Waals surface area contributed by atoms with Crippen molar-refractivity contribution >= 4 is 10.8 Å². The maximum Gasteiger partial charge on any atom is 0.259 e. The van der Waals surface area contributed by atoms with Crippen molar-refractivity contribution in [3.8, 4) is 22.9 Å². The molecular weight excluding hydrogens is 295 g/mol. The number of aromatic nitrogens is 1. The van der Waals surface area contributed by atoms with Crippen molar-refractivity contribution in [3.05, 3.63) is 64.3 Å². The number of fused-ring (bicyclic) bond motifs is 1. The van der Waals surface area contributed by atoms with Crippen LogP contribution in [0.4, 0.5) is 4.39 Å². The molecule has 0 fully saturated rings. The van der Waals surface area contributed by atoms with Gasteiger partial charge in [-0.15, -0.1) is 0 Å². The molecule has 0 aliphatic rings. The Morgan fingerprint density at radius 2 is 1.96 bits per heavy atom. The van der Waals surface area contributed by atoms with Crippen LogP contribution in [-0.4, -0.2) is 11.7 Å². The van der Waals surface area contributed by atoms with Gasteiger partial charge in [0.2, 0.25) is 0 Å². The Morgan fingerprint density at radius 1 is 1.17 bits per heavy atom. The Morgan fingerprint density at radius 3 is 2.61 bits per heavy atom.